The zero-order valence-electron chi connectivity index (χ0n) is 23.5. The normalized spacial score (nSPS) is 17.8. The molecule has 40 heavy (non-hydrogen) atoms. The van der Waals surface area contributed by atoms with E-state index in [9.17, 15) is 22.8 Å². The predicted molar refractivity (Wildman–Crippen MR) is 152 cm³/mol. The molecule has 214 valence electrons. The molecule has 0 spiro atoms. The van der Waals surface area contributed by atoms with Crippen molar-refractivity contribution in [2.45, 2.75) is 72.2 Å². The number of hydrogen-bond acceptors (Lipinski definition) is 5. The number of carbonyl (C=O) groups is 2. The molecule has 10 heteroatoms. The number of aromatic nitrogens is 1. The van der Waals surface area contributed by atoms with Crippen LogP contribution in [0.4, 0.5) is 23.1 Å². The van der Waals surface area contributed by atoms with Gasteiger partial charge in [-0.1, -0.05) is 62.0 Å². The van der Waals surface area contributed by atoms with Crippen LogP contribution in [0.25, 0.3) is 16.3 Å². The summed E-state index contributed by atoms with van der Waals surface area (Å²) in [5.41, 5.74) is -0.468. The van der Waals surface area contributed by atoms with E-state index >= 15 is 0 Å². The number of amides is 2. The fourth-order valence-electron chi connectivity index (χ4n) is 4.73. The van der Waals surface area contributed by atoms with E-state index in [4.69, 9.17) is 4.74 Å². The molecule has 1 N–H and O–H groups in total. The van der Waals surface area contributed by atoms with Crippen molar-refractivity contribution in [1.29, 1.82) is 0 Å². The van der Waals surface area contributed by atoms with Crippen LogP contribution in [0.15, 0.2) is 48.0 Å². The smallest absolute Gasteiger partial charge is 0.417 e. The second-order valence-corrected chi connectivity index (χ2v) is 13.1. The van der Waals surface area contributed by atoms with Crippen LogP contribution in [0.1, 0.15) is 75.9 Å². The molecule has 2 amide bonds. The summed E-state index contributed by atoms with van der Waals surface area (Å²) >= 11 is 1.20. The molecule has 6 nitrogen and oxygen atoms in total. The molecule has 1 unspecified atom stereocenters. The summed E-state index contributed by atoms with van der Waals surface area (Å²) in [6.45, 7) is 11.9. The third kappa shape index (κ3) is 7.02. The Morgan fingerprint density at radius 2 is 1.77 bits per heavy atom. The highest BCUT2D eigenvalue weighted by atomic mass is 32.1. The lowest BCUT2D eigenvalue weighted by molar-refractivity contribution is -0.137. The Morgan fingerprint density at radius 1 is 1.07 bits per heavy atom. The topological polar surface area (TPSA) is 71.5 Å². The number of likely N-dealkylation sites (tertiary alicyclic amines) is 1. The lowest BCUT2D eigenvalue weighted by Gasteiger charge is -2.44. The maximum absolute atomic E-state index is 14.1. The van der Waals surface area contributed by atoms with Gasteiger partial charge in [-0.05, 0) is 68.9 Å². The lowest BCUT2D eigenvalue weighted by Crippen LogP contribution is -2.51. The van der Waals surface area contributed by atoms with Crippen molar-refractivity contribution in [3.05, 3.63) is 64.7 Å². The van der Waals surface area contributed by atoms with Crippen LogP contribution in [0, 0.1) is 5.41 Å². The van der Waals surface area contributed by atoms with Gasteiger partial charge in [-0.25, -0.2) is 9.78 Å². The van der Waals surface area contributed by atoms with Crippen LogP contribution in [-0.4, -0.2) is 40.1 Å². The van der Waals surface area contributed by atoms with Crippen molar-refractivity contribution in [3.8, 4) is 0 Å². The average Bonchev–Trinajstić information content (AvgIpc) is 3.24. The van der Waals surface area contributed by atoms with Gasteiger partial charge in [0.05, 0.1) is 21.3 Å². The molecule has 2 aromatic carbocycles. The number of alkyl halides is 3. The van der Waals surface area contributed by atoms with E-state index in [2.05, 4.69) is 10.3 Å². The van der Waals surface area contributed by atoms with E-state index in [1.807, 2.05) is 53.7 Å². The number of benzene rings is 2. The van der Waals surface area contributed by atoms with E-state index in [0.29, 0.717) is 30.5 Å². The predicted octanol–water partition coefficient (Wildman–Crippen LogP) is 8.40. The fourth-order valence-corrected chi connectivity index (χ4v) is 5.60. The lowest BCUT2D eigenvalue weighted by atomic mass is 9.79. The SMILES string of the molecule is CC(C)(C)OC(=O)N1CCC(=Cc2ccc(C(=O)Nc3nc4ccccc4s3)c(C(F)(F)F)c2)CC1C(C)(C)C. The zero-order valence-corrected chi connectivity index (χ0v) is 24.3. The molecule has 0 aliphatic carbocycles. The van der Waals surface area contributed by atoms with Crippen molar-refractivity contribution in [2.75, 3.05) is 11.9 Å². The van der Waals surface area contributed by atoms with Crippen molar-refractivity contribution < 1.29 is 27.5 Å². The number of halogens is 3. The number of anilines is 1. The number of hydrogen-bond donors (Lipinski definition) is 1. The highest BCUT2D eigenvalue weighted by Crippen LogP contribution is 2.38. The van der Waals surface area contributed by atoms with Gasteiger partial charge >= 0.3 is 12.3 Å². The average molecular weight is 574 g/mol. The summed E-state index contributed by atoms with van der Waals surface area (Å²) in [5.74, 6) is -0.871. The first kappa shape index (κ1) is 29.6. The molecule has 3 aromatic rings. The second kappa shape index (κ2) is 10.9. The molecule has 1 saturated heterocycles. The molecule has 1 atom stereocenters. The maximum Gasteiger partial charge on any atom is 0.417 e. The Hall–Kier alpha value is -3.40. The van der Waals surface area contributed by atoms with Crippen LogP contribution >= 0.6 is 11.3 Å². The number of thiazole rings is 1. The van der Waals surface area contributed by atoms with Crippen molar-refractivity contribution >= 4 is 44.8 Å². The van der Waals surface area contributed by atoms with Gasteiger partial charge in [0, 0.05) is 12.6 Å². The van der Waals surface area contributed by atoms with Gasteiger partial charge in [0.1, 0.15) is 5.60 Å². The number of ether oxygens (including phenoxy) is 1. The first-order valence-electron chi connectivity index (χ1n) is 13.1. The summed E-state index contributed by atoms with van der Waals surface area (Å²) in [4.78, 5) is 31.8. The Kier molecular flexibility index (Phi) is 8.04. The Bertz CT molecular complexity index is 1420. The summed E-state index contributed by atoms with van der Waals surface area (Å²) in [6.07, 6.45) is -2.38. The summed E-state index contributed by atoms with van der Waals surface area (Å²) in [6, 6.07) is 10.8. The molecular weight excluding hydrogens is 539 g/mol. The van der Waals surface area contributed by atoms with Gasteiger partial charge < -0.3 is 9.64 Å². The molecule has 0 saturated carbocycles. The Labute approximate surface area is 236 Å². The van der Waals surface area contributed by atoms with Crippen LogP contribution in [0.5, 0.6) is 0 Å². The largest absolute Gasteiger partial charge is 0.444 e. The highest BCUT2D eigenvalue weighted by molar-refractivity contribution is 7.22. The minimum Gasteiger partial charge on any atom is -0.444 e. The van der Waals surface area contributed by atoms with Crippen molar-refractivity contribution in [3.63, 3.8) is 0 Å². The Morgan fingerprint density at radius 3 is 2.40 bits per heavy atom. The quantitative estimate of drug-likeness (QED) is 0.342. The molecule has 1 aliphatic heterocycles. The van der Waals surface area contributed by atoms with E-state index < -0.39 is 34.9 Å². The summed E-state index contributed by atoms with van der Waals surface area (Å²) in [7, 11) is 0. The number of nitrogens with zero attached hydrogens (tertiary/aromatic N) is 2. The third-order valence-electron chi connectivity index (χ3n) is 6.61. The number of fused-ring (bicyclic) bond motifs is 1. The third-order valence-corrected chi connectivity index (χ3v) is 7.56. The molecule has 0 radical (unpaired) electrons. The van der Waals surface area contributed by atoms with E-state index in [1.54, 1.807) is 23.1 Å². The number of para-hydroxylation sites is 1. The number of rotatable bonds is 3. The standard InChI is InChI=1S/C30H34F3N3O3S/c1-28(2,3)24-17-19(13-14-36(24)27(38)39-29(4,5)6)15-18-11-12-20(21(16-18)30(31,32)33)25(37)35-26-34-22-9-7-8-10-23(22)40-26/h7-12,15-16,24H,13-14,17H2,1-6H3,(H,34,35,37). The van der Waals surface area contributed by atoms with Crippen LogP contribution < -0.4 is 5.32 Å². The van der Waals surface area contributed by atoms with Gasteiger partial charge in [-0.15, -0.1) is 0 Å². The first-order valence-corrected chi connectivity index (χ1v) is 13.9. The fraction of sp³-hybridized carbons (Fsp3) is 0.433. The first-order chi connectivity index (χ1) is 18.5. The zero-order chi connectivity index (χ0) is 29.5. The Balaban J connectivity index is 1.59. The second-order valence-electron chi connectivity index (χ2n) is 12.1. The van der Waals surface area contributed by atoms with Crippen LogP contribution in [-0.2, 0) is 10.9 Å². The maximum atomic E-state index is 14.1. The minimum absolute atomic E-state index is 0.191. The van der Waals surface area contributed by atoms with Gasteiger partial charge in [0.25, 0.3) is 5.91 Å². The minimum atomic E-state index is -4.73. The van der Waals surface area contributed by atoms with E-state index in [0.717, 1.165) is 16.3 Å². The molecular formula is C30H34F3N3O3S. The molecule has 2 heterocycles. The van der Waals surface area contributed by atoms with E-state index in [1.165, 1.54) is 23.5 Å². The van der Waals surface area contributed by atoms with Gasteiger partial charge in [-0.3, -0.25) is 10.1 Å². The highest BCUT2D eigenvalue weighted by Gasteiger charge is 2.39. The monoisotopic (exact) mass is 573 g/mol. The summed E-state index contributed by atoms with van der Waals surface area (Å²) in [5, 5.41) is 2.75. The van der Waals surface area contributed by atoms with Crippen molar-refractivity contribution in [1.82, 2.24) is 9.88 Å². The van der Waals surface area contributed by atoms with Gasteiger partial charge in [0.15, 0.2) is 5.13 Å². The van der Waals surface area contributed by atoms with Crippen LogP contribution in [0.3, 0.4) is 0 Å². The number of nitrogens with one attached hydrogen (secondary N) is 1. The molecule has 1 aromatic heterocycles. The van der Waals surface area contributed by atoms with E-state index in [-0.39, 0.29) is 16.6 Å². The molecule has 4 rings (SSSR count). The number of piperidine rings is 1. The summed E-state index contributed by atoms with van der Waals surface area (Å²) < 4.78 is 48.7. The van der Waals surface area contributed by atoms with Crippen LogP contribution in [0.2, 0.25) is 0 Å². The molecule has 0 bridgehead atoms. The van der Waals surface area contributed by atoms with Gasteiger partial charge in [0.2, 0.25) is 0 Å². The molecule has 1 fully saturated rings. The number of carbonyl (C=O) groups excluding carboxylic acids is 2. The van der Waals surface area contributed by atoms with Gasteiger partial charge in [-0.2, -0.15) is 13.2 Å². The van der Waals surface area contributed by atoms with Crippen molar-refractivity contribution in [2.24, 2.45) is 5.41 Å². The molecule has 1 aliphatic rings.